The molecule has 32 heavy (non-hydrogen) atoms. The Morgan fingerprint density at radius 1 is 1.09 bits per heavy atom. The number of nitrogens with one attached hydrogen (secondary N) is 1. The zero-order valence-electron chi connectivity index (χ0n) is 19.0. The van der Waals surface area contributed by atoms with E-state index in [9.17, 15) is 14.4 Å². The van der Waals surface area contributed by atoms with Crippen molar-refractivity contribution in [3.63, 3.8) is 0 Å². The van der Waals surface area contributed by atoms with Crippen LogP contribution in [0.15, 0.2) is 29.5 Å². The highest BCUT2D eigenvalue weighted by molar-refractivity contribution is 6.03. The van der Waals surface area contributed by atoms with E-state index < -0.39 is 17.5 Å². The lowest BCUT2D eigenvalue weighted by atomic mass is 10.1. The van der Waals surface area contributed by atoms with Crippen molar-refractivity contribution < 1.29 is 33.3 Å². The van der Waals surface area contributed by atoms with E-state index in [-0.39, 0.29) is 30.7 Å². The standard InChI is InChI=1S/C22H29N3O7/c1-22(2,3)32-21(28)24-9-8-23-17-10-15(7-6-14(17)11-24)25-13-31-12-16(19(26)29-4)18(25)20(27)30-5/h6-7,10,23H,8-9,11-13H2,1-5H3. The van der Waals surface area contributed by atoms with Gasteiger partial charge in [-0.05, 0) is 38.5 Å². The first-order valence-electron chi connectivity index (χ1n) is 10.2. The van der Waals surface area contributed by atoms with Crippen LogP contribution in [-0.4, -0.2) is 69.2 Å². The zero-order valence-corrected chi connectivity index (χ0v) is 19.0. The van der Waals surface area contributed by atoms with Crippen molar-refractivity contribution in [2.75, 3.05) is 50.9 Å². The lowest BCUT2D eigenvalue weighted by Crippen LogP contribution is -2.38. The molecule has 0 aliphatic carbocycles. The molecule has 1 aromatic carbocycles. The molecule has 2 aliphatic rings. The van der Waals surface area contributed by atoms with Gasteiger partial charge in [-0.15, -0.1) is 0 Å². The summed E-state index contributed by atoms with van der Waals surface area (Å²) in [5.74, 6) is -1.32. The summed E-state index contributed by atoms with van der Waals surface area (Å²) in [6.45, 7) is 6.88. The van der Waals surface area contributed by atoms with Gasteiger partial charge in [0.1, 0.15) is 18.0 Å². The number of hydrogen-bond acceptors (Lipinski definition) is 9. The van der Waals surface area contributed by atoms with Crippen LogP contribution in [-0.2, 0) is 35.1 Å². The number of carbonyl (C=O) groups is 3. The van der Waals surface area contributed by atoms with Crippen LogP contribution < -0.4 is 10.2 Å². The molecule has 0 aromatic heterocycles. The van der Waals surface area contributed by atoms with Gasteiger partial charge in [0.25, 0.3) is 0 Å². The molecule has 0 fully saturated rings. The Morgan fingerprint density at radius 3 is 2.47 bits per heavy atom. The summed E-state index contributed by atoms with van der Waals surface area (Å²) in [5, 5.41) is 3.31. The largest absolute Gasteiger partial charge is 0.466 e. The van der Waals surface area contributed by atoms with E-state index >= 15 is 0 Å². The zero-order chi connectivity index (χ0) is 23.5. The summed E-state index contributed by atoms with van der Waals surface area (Å²) < 4.78 is 20.7. The van der Waals surface area contributed by atoms with Gasteiger partial charge < -0.3 is 34.1 Å². The highest BCUT2D eigenvalue weighted by atomic mass is 16.6. The highest BCUT2D eigenvalue weighted by Crippen LogP contribution is 2.32. The maximum atomic E-state index is 12.5. The first-order chi connectivity index (χ1) is 15.1. The first-order valence-corrected chi connectivity index (χ1v) is 10.2. The SMILES string of the molecule is COC(=O)C1=C(C(=O)OC)N(c2ccc3c(c2)NCCN(C(=O)OC(C)(C)C)C3)COC1. The monoisotopic (exact) mass is 447 g/mol. The minimum absolute atomic E-state index is 0.0539. The van der Waals surface area contributed by atoms with Gasteiger partial charge in [0, 0.05) is 24.5 Å². The van der Waals surface area contributed by atoms with Gasteiger partial charge >= 0.3 is 18.0 Å². The van der Waals surface area contributed by atoms with E-state index in [2.05, 4.69) is 5.32 Å². The van der Waals surface area contributed by atoms with Gasteiger partial charge in [-0.1, -0.05) is 6.07 Å². The van der Waals surface area contributed by atoms with Gasteiger partial charge in [-0.3, -0.25) is 0 Å². The van der Waals surface area contributed by atoms with Crippen LogP contribution in [0.1, 0.15) is 26.3 Å². The van der Waals surface area contributed by atoms with Crippen molar-refractivity contribution in [2.24, 2.45) is 0 Å². The average molecular weight is 447 g/mol. The summed E-state index contributed by atoms with van der Waals surface area (Å²) in [6, 6.07) is 5.51. The summed E-state index contributed by atoms with van der Waals surface area (Å²) in [4.78, 5) is 40.4. The maximum absolute atomic E-state index is 12.5. The maximum Gasteiger partial charge on any atom is 0.410 e. The van der Waals surface area contributed by atoms with Crippen LogP contribution in [0.4, 0.5) is 16.2 Å². The number of hydrogen-bond donors (Lipinski definition) is 1. The van der Waals surface area contributed by atoms with Gasteiger partial charge in [0.05, 0.1) is 32.9 Å². The number of carbonyl (C=O) groups excluding carboxylic acids is 3. The number of ether oxygens (including phenoxy) is 4. The Morgan fingerprint density at radius 2 is 1.81 bits per heavy atom. The van der Waals surface area contributed by atoms with Crippen LogP contribution in [0.2, 0.25) is 0 Å². The Labute approximate surface area is 187 Å². The molecule has 3 rings (SSSR count). The van der Waals surface area contributed by atoms with Gasteiger partial charge in [0.15, 0.2) is 0 Å². The van der Waals surface area contributed by atoms with Crippen LogP contribution in [0.3, 0.4) is 0 Å². The summed E-state index contributed by atoms with van der Waals surface area (Å²) in [7, 11) is 2.49. The van der Waals surface area contributed by atoms with E-state index in [4.69, 9.17) is 18.9 Å². The first kappa shape index (κ1) is 23.4. The molecule has 0 saturated heterocycles. The van der Waals surface area contributed by atoms with Crippen molar-refractivity contribution >= 4 is 29.4 Å². The number of nitrogens with zero attached hydrogens (tertiary/aromatic N) is 2. The van der Waals surface area contributed by atoms with Crippen LogP contribution in [0.5, 0.6) is 0 Å². The molecule has 10 heteroatoms. The molecule has 0 atom stereocenters. The van der Waals surface area contributed by atoms with E-state index in [1.165, 1.54) is 14.2 Å². The topological polar surface area (TPSA) is 107 Å². The molecule has 0 radical (unpaired) electrons. The number of rotatable bonds is 3. The number of methoxy groups -OCH3 is 2. The summed E-state index contributed by atoms with van der Waals surface area (Å²) in [5.41, 5.74) is 1.92. The molecule has 1 aromatic rings. The van der Waals surface area contributed by atoms with Crippen LogP contribution in [0.25, 0.3) is 0 Å². The average Bonchev–Trinajstić information content (AvgIpc) is 2.98. The van der Waals surface area contributed by atoms with Gasteiger partial charge in [0.2, 0.25) is 0 Å². The van der Waals surface area contributed by atoms with E-state index in [1.807, 2.05) is 32.9 Å². The molecule has 2 heterocycles. The van der Waals surface area contributed by atoms with E-state index in [0.717, 1.165) is 11.3 Å². The highest BCUT2D eigenvalue weighted by Gasteiger charge is 2.33. The minimum Gasteiger partial charge on any atom is -0.466 e. The molecule has 1 N–H and O–H groups in total. The molecule has 0 bridgehead atoms. The molecule has 0 unspecified atom stereocenters. The molecule has 10 nitrogen and oxygen atoms in total. The molecular formula is C22H29N3O7. The second-order valence-corrected chi connectivity index (χ2v) is 8.39. The molecule has 174 valence electrons. The molecule has 0 saturated carbocycles. The third kappa shape index (κ3) is 5.13. The molecule has 1 amide bonds. The Kier molecular flexibility index (Phi) is 6.93. The number of esters is 2. The third-order valence-corrected chi connectivity index (χ3v) is 4.95. The van der Waals surface area contributed by atoms with Gasteiger partial charge in [-0.2, -0.15) is 0 Å². The van der Waals surface area contributed by atoms with Gasteiger partial charge in [-0.25, -0.2) is 14.4 Å². The van der Waals surface area contributed by atoms with Crippen LogP contribution >= 0.6 is 0 Å². The molecular weight excluding hydrogens is 418 g/mol. The number of amides is 1. The van der Waals surface area contributed by atoms with E-state index in [0.29, 0.717) is 25.3 Å². The lowest BCUT2D eigenvalue weighted by molar-refractivity contribution is -0.140. The fraction of sp³-hybridized carbons (Fsp3) is 0.500. The third-order valence-electron chi connectivity index (χ3n) is 4.95. The normalized spacial score (nSPS) is 16.5. The predicted molar refractivity (Wildman–Crippen MR) is 116 cm³/mol. The number of anilines is 2. The lowest BCUT2D eigenvalue weighted by Gasteiger charge is -2.31. The molecule has 0 spiro atoms. The Balaban J connectivity index is 1.91. The van der Waals surface area contributed by atoms with E-state index in [1.54, 1.807) is 15.9 Å². The quantitative estimate of drug-likeness (QED) is 0.551. The second-order valence-electron chi connectivity index (χ2n) is 8.39. The van der Waals surface area contributed by atoms with Crippen molar-refractivity contribution in [2.45, 2.75) is 32.9 Å². The second kappa shape index (κ2) is 9.47. The smallest absolute Gasteiger partial charge is 0.410 e. The van der Waals surface area contributed by atoms with Crippen molar-refractivity contribution in [1.29, 1.82) is 0 Å². The minimum atomic E-state index is -0.660. The summed E-state index contributed by atoms with van der Waals surface area (Å²) >= 11 is 0. The van der Waals surface area contributed by atoms with Crippen molar-refractivity contribution in [1.82, 2.24) is 4.90 Å². The van der Waals surface area contributed by atoms with Crippen molar-refractivity contribution in [3.05, 3.63) is 35.0 Å². The Bertz CT molecular complexity index is 936. The van der Waals surface area contributed by atoms with Crippen molar-refractivity contribution in [3.8, 4) is 0 Å². The predicted octanol–water partition coefficient (Wildman–Crippen LogP) is 2.24. The molecule has 2 aliphatic heterocycles. The fourth-order valence-electron chi connectivity index (χ4n) is 3.47. The fourth-order valence-corrected chi connectivity index (χ4v) is 3.47. The summed E-state index contributed by atoms with van der Waals surface area (Å²) in [6.07, 6.45) is -0.376. The van der Waals surface area contributed by atoms with Crippen LogP contribution in [0, 0.1) is 0 Å². The number of benzene rings is 1. The number of fused-ring (bicyclic) bond motifs is 1. The Hall–Kier alpha value is -3.27.